The number of carbonyl (C=O) groups excluding carboxylic acids is 2. The van der Waals surface area contributed by atoms with Crippen LogP contribution in [0.1, 0.15) is 24.1 Å². The van der Waals surface area contributed by atoms with Gasteiger partial charge in [-0.05, 0) is 18.4 Å². The molecule has 1 aromatic heterocycles. The van der Waals surface area contributed by atoms with Gasteiger partial charge in [0.15, 0.2) is 5.13 Å². The number of benzene rings is 1. The van der Waals surface area contributed by atoms with Gasteiger partial charge in [0.1, 0.15) is 0 Å². The standard InChI is InChI=1S/C17H16N4O4S/c22-15-2-1-6-20(15)17-18-12(10-26-17)8-16(23)19-7-5-11-3-4-13(21(24)25)9-14(11)19/h3-4,9-10H,1-2,5-8H2. The Morgan fingerprint density at radius 1 is 1.31 bits per heavy atom. The number of hydrogen-bond acceptors (Lipinski definition) is 6. The van der Waals surface area contributed by atoms with Crippen LogP contribution in [0.2, 0.25) is 0 Å². The fourth-order valence-corrected chi connectivity index (χ4v) is 4.21. The maximum atomic E-state index is 12.7. The van der Waals surface area contributed by atoms with Crippen molar-refractivity contribution in [2.45, 2.75) is 25.7 Å². The number of non-ortho nitro benzene ring substituents is 1. The Kier molecular flexibility index (Phi) is 4.15. The largest absolute Gasteiger partial charge is 0.311 e. The third-order valence-corrected chi connectivity index (χ3v) is 5.57. The van der Waals surface area contributed by atoms with Crippen molar-refractivity contribution in [2.75, 3.05) is 22.9 Å². The van der Waals surface area contributed by atoms with E-state index in [1.807, 2.05) is 0 Å². The summed E-state index contributed by atoms with van der Waals surface area (Å²) >= 11 is 1.36. The van der Waals surface area contributed by atoms with E-state index in [-0.39, 0.29) is 23.9 Å². The van der Waals surface area contributed by atoms with Crippen LogP contribution in [0.4, 0.5) is 16.5 Å². The Hall–Kier alpha value is -2.81. The Labute approximate surface area is 153 Å². The van der Waals surface area contributed by atoms with Crippen molar-refractivity contribution in [3.8, 4) is 0 Å². The monoisotopic (exact) mass is 372 g/mol. The second-order valence-electron chi connectivity index (χ2n) is 6.31. The van der Waals surface area contributed by atoms with Crippen LogP contribution < -0.4 is 9.80 Å². The molecule has 2 amide bonds. The molecule has 26 heavy (non-hydrogen) atoms. The number of aromatic nitrogens is 1. The average Bonchev–Trinajstić information content (AvgIpc) is 3.33. The first-order valence-electron chi connectivity index (χ1n) is 8.35. The SMILES string of the molecule is O=C1CCCN1c1nc(CC(=O)N2CCc3ccc([N+](=O)[O-])cc32)cs1. The number of hydrogen-bond donors (Lipinski definition) is 0. The van der Waals surface area contributed by atoms with E-state index in [1.165, 1.54) is 23.5 Å². The third-order valence-electron chi connectivity index (χ3n) is 4.65. The lowest BCUT2D eigenvalue weighted by Gasteiger charge is -2.16. The Morgan fingerprint density at radius 3 is 2.88 bits per heavy atom. The molecule has 9 heteroatoms. The van der Waals surface area contributed by atoms with E-state index in [1.54, 1.807) is 21.2 Å². The third kappa shape index (κ3) is 2.94. The van der Waals surface area contributed by atoms with Crippen LogP contribution in [0.25, 0.3) is 0 Å². The highest BCUT2D eigenvalue weighted by molar-refractivity contribution is 7.14. The molecule has 0 radical (unpaired) electrons. The molecular weight excluding hydrogens is 356 g/mol. The zero-order chi connectivity index (χ0) is 18.3. The topological polar surface area (TPSA) is 96.7 Å². The summed E-state index contributed by atoms with van der Waals surface area (Å²) in [5, 5.41) is 13.4. The van der Waals surface area contributed by atoms with Gasteiger partial charge < -0.3 is 4.90 Å². The Balaban J connectivity index is 1.50. The molecule has 0 saturated carbocycles. The van der Waals surface area contributed by atoms with Crippen molar-refractivity contribution in [3.05, 3.63) is 45.0 Å². The average molecular weight is 372 g/mol. The lowest BCUT2D eigenvalue weighted by molar-refractivity contribution is -0.384. The zero-order valence-corrected chi connectivity index (χ0v) is 14.7. The molecule has 0 unspecified atom stereocenters. The fourth-order valence-electron chi connectivity index (χ4n) is 3.34. The van der Waals surface area contributed by atoms with Crippen molar-refractivity contribution >= 4 is 39.7 Å². The highest BCUT2D eigenvalue weighted by atomic mass is 32.1. The Morgan fingerprint density at radius 2 is 2.15 bits per heavy atom. The number of nitro benzene ring substituents is 1. The van der Waals surface area contributed by atoms with Gasteiger partial charge in [0.05, 0.1) is 22.7 Å². The van der Waals surface area contributed by atoms with Crippen molar-refractivity contribution in [2.24, 2.45) is 0 Å². The summed E-state index contributed by atoms with van der Waals surface area (Å²) in [5.41, 5.74) is 2.14. The number of nitrogens with zero attached hydrogens (tertiary/aromatic N) is 4. The molecule has 0 aliphatic carbocycles. The lowest BCUT2D eigenvalue weighted by Crippen LogP contribution is -2.30. The van der Waals surface area contributed by atoms with Gasteiger partial charge in [0.2, 0.25) is 11.8 Å². The van der Waals surface area contributed by atoms with Crippen LogP contribution in [0.5, 0.6) is 0 Å². The summed E-state index contributed by atoms with van der Waals surface area (Å²) in [5.74, 6) is -0.0770. The molecule has 8 nitrogen and oxygen atoms in total. The van der Waals surface area contributed by atoms with Crippen molar-refractivity contribution in [1.29, 1.82) is 0 Å². The van der Waals surface area contributed by atoms with E-state index in [2.05, 4.69) is 4.98 Å². The second kappa shape index (κ2) is 6.49. The van der Waals surface area contributed by atoms with Gasteiger partial charge in [0.25, 0.3) is 5.69 Å². The molecule has 134 valence electrons. The smallest absolute Gasteiger partial charge is 0.271 e. The predicted octanol–water partition coefficient (Wildman–Crippen LogP) is 2.31. The summed E-state index contributed by atoms with van der Waals surface area (Å²) in [6, 6.07) is 4.63. The molecule has 0 bridgehead atoms. The molecule has 4 rings (SSSR count). The Bertz CT molecular complexity index is 910. The van der Waals surface area contributed by atoms with E-state index < -0.39 is 4.92 Å². The summed E-state index contributed by atoms with van der Waals surface area (Å²) in [7, 11) is 0. The molecular formula is C17H16N4O4S. The molecule has 3 heterocycles. The summed E-state index contributed by atoms with van der Waals surface area (Å²) in [4.78, 5) is 42.7. The van der Waals surface area contributed by atoms with Crippen molar-refractivity contribution < 1.29 is 14.5 Å². The van der Waals surface area contributed by atoms with Gasteiger partial charge in [-0.25, -0.2) is 4.98 Å². The van der Waals surface area contributed by atoms with Crippen LogP contribution in [0.15, 0.2) is 23.6 Å². The minimum absolute atomic E-state index is 0.0214. The highest BCUT2D eigenvalue weighted by Crippen LogP contribution is 2.32. The normalized spacial score (nSPS) is 16.2. The molecule has 2 aliphatic heterocycles. The summed E-state index contributed by atoms with van der Waals surface area (Å²) in [6.07, 6.45) is 2.16. The van der Waals surface area contributed by atoms with Gasteiger partial charge in [-0.2, -0.15) is 0 Å². The summed E-state index contributed by atoms with van der Waals surface area (Å²) < 4.78 is 0. The van der Waals surface area contributed by atoms with Crippen LogP contribution in [-0.2, 0) is 22.4 Å². The van der Waals surface area contributed by atoms with Gasteiger partial charge in [-0.1, -0.05) is 6.07 Å². The molecule has 2 aromatic rings. The van der Waals surface area contributed by atoms with Gasteiger partial charge in [0, 0.05) is 37.0 Å². The highest BCUT2D eigenvalue weighted by Gasteiger charge is 2.28. The first kappa shape index (κ1) is 16.6. The molecule has 1 fully saturated rings. The fraction of sp³-hybridized carbons (Fsp3) is 0.353. The van der Waals surface area contributed by atoms with E-state index in [0.717, 1.165) is 12.0 Å². The molecule has 0 atom stereocenters. The lowest BCUT2D eigenvalue weighted by atomic mass is 10.1. The minimum Gasteiger partial charge on any atom is -0.311 e. The van der Waals surface area contributed by atoms with E-state index in [0.29, 0.717) is 42.4 Å². The quantitative estimate of drug-likeness (QED) is 0.606. The van der Waals surface area contributed by atoms with Crippen molar-refractivity contribution in [3.63, 3.8) is 0 Å². The number of nitro groups is 1. The number of rotatable bonds is 4. The maximum absolute atomic E-state index is 12.7. The molecule has 2 aliphatic rings. The second-order valence-corrected chi connectivity index (χ2v) is 7.15. The van der Waals surface area contributed by atoms with Crippen LogP contribution in [-0.4, -0.2) is 34.8 Å². The van der Waals surface area contributed by atoms with E-state index in [4.69, 9.17) is 0 Å². The summed E-state index contributed by atoms with van der Waals surface area (Å²) in [6.45, 7) is 1.18. The van der Waals surface area contributed by atoms with Crippen LogP contribution in [0, 0.1) is 10.1 Å². The van der Waals surface area contributed by atoms with E-state index >= 15 is 0 Å². The van der Waals surface area contributed by atoms with Crippen LogP contribution in [0.3, 0.4) is 0 Å². The minimum atomic E-state index is -0.457. The predicted molar refractivity (Wildman–Crippen MR) is 96.6 cm³/mol. The number of amides is 2. The van der Waals surface area contributed by atoms with Gasteiger partial charge in [-0.3, -0.25) is 24.6 Å². The van der Waals surface area contributed by atoms with Gasteiger partial charge in [-0.15, -0.1) is 11.3 Å². The number of fused-ring (bicyclic) bond motifs is 1. The zero-order valence-electron chi connectivity index (χ0n) is 13.9. The number of thiazole rings is 1. The van der Waals surface area contributed by atoms with E-state index in [9.17, 15) is 19.7 Å². The maximum Gasteiger partial charge on any atom is 0.271 e. The van der Waals surface area contributed by atoms with Crippen molar-refractivity contribution in [1.82, 2.24) is 4.98 Å². The first-order chi connectivity index (χ1) is 12.5. The molecule has 1 aromatic carbocycles. The van der Waals surface area contributed by atoms with Gasteiger partial charge >= 0.3 is 0 Å². The van der Waals surface area contributed by atoms with Crippen LogP contribution >= 0.6 is 11.3 Å². The molecule has 1 saturated heterocycles. The number of carbonyl (C=O) groups is 2. The molecule has 0 spiro atoms. The first-order valence-corrected chi connectivity index (χ1v) is 9.23. The number of anilines is 2. The molecule has 0 N–H and O–H groups in total.